The second kappa shape index (κ2) is 6.15. The van der Waals surface area contributed by atoms with E-state index in [2.05, 4.69) is 0 Å². The summed E-state index contributed by atoms with van der Waals surface area (Å²) in [6.45, 7) is 3.02. The number of amides is 1. The molecule has 1 aliphatic heterocycles. The summed E-state index contributed by atoms with van der Waals surface area (Å²) in [6, 6.07) is 3.48. The standard InChI is InChI=1S/C13H16F3N3OS/c1-8-7-19(5-6-21-8)12(20)9-3-2-4-10(11(9)18-17)13(14,15)16/h2-4,8,18H,5-7,17H2,1H3. The number of rotatable bonds is 2. The molecular formula is C13H16F3N3OS. The number of hydrogen-bond donors (Lipinski definition) is 2. The van der Waals surface area contributed by atoms with Crippen LogP contribution < -0.4 is 11.3 Å². The van der Waals surface area contributed by atoms with Gasteiger partial charge in [-0.25, -0.2) is 0 Å². The average molecular weight is 319 g/mol. The number of benzene rings is 1. The van der Waals surface area contributed by atoms with E-state index in [1.54, 1.807) is 16.7 Å². The first-order valence-electron chi connectivity index (χ1n) is 6.42. The van der Waals surface area contributed by atoms with Crippen molar-refractivity contribution in [1.29, 1.82) is 0 Å². The third kappa shape index (κ3) is 3.44. The van der Waals surface area contributed by atoms with Crippen LogP contribution in [0.1, 0.15) is 22.8 Å². The number of carbonyl (C=O) groups is 1. The Bertz CT molecular complexity index is 536. The van der Waals surface area contributed by atoms with Gasteiger partial charge in [0.1, 0.15) is 0 Å². The molecule has 0 radical (unpaired) electrons. The first kappa shape index (κ1) is 16.0. The van der Waals surface area contributed by atoms with Crippen molar-refractivity contribution in [3.8, 4) is 0 Å². The quantitative estimate of drug-likeness (QED) is 0.650. The molecule has 0 saturated carbocycles. The van der Waals surface area contributed by atoms with Crippen molar-refractivity contribution in [2.24, 2.45) is 5.84 Å². The smallest absolute Gasteiger partial charge is 0.337 e. The second-order valence-corrected chi connectivity index (χ2v) is 6.35. The molecule has 1 unspecified atom stereocenters. The number of halogens is 3. The highest BCUT2D eigenvalue weighted by Crippen LogP contribution is 2.36. The molecule has 1 aromatic rings. The average Bonchev–Trinajstić information content (AvgIpc) is 2.44. The number of thioether (sulfide) groups is 1. The number of alkyl halides is 3. The Morgan fingerprint density at radius 3 is 2.76 bits per heavy atom. The SMILES string of the molecule is CC1CN(C(=O)c2cccc(C(F)(F)F)c2NN)CCS1. The highest BCUT2D eigenvalue weighted by molar-refractivity contribution is 7.99. The molecule has 1 atom stereocenters. The summed E-state index contributed by atoms with van der Waals surface area (Å²) in [7, 11) is 0. The molecule has 0 bridgehead atoms. The Morgan fingerprint density at radius 1 is 1.48 bits per heavy atom. The van der Waals surface area contributed by atoms with Crippen LogP contribution >= 0.6 is 11.8 Å². The summed E-state index contributed by atoms with van der Waals surface area (Å²) in [4.78, 5) is 14.0. The number of hydrazine groups is 1. The Morgan fingerprint density at radius 2 is 2.19 bits per heavy atom. The van der Waals surface area contributed by atoms with Crippen LogP contribution in [0.25, 0.3) is 0 Å². The van der Waals surface area contributed by atoms with Gasteiger partial charge in [0.25, 0.3) is 5.91 Å². The van der Waals surface area contributed by atoms with E-state index in [9.17, 15) is 18.0 Å². The zero-order valence-electron chi connectivity index (χ0n) is 11.4. The maximum atomic E-state index is 13.0. The van der Waals surface area contributed by atoms with E-state index in [0.717, 1.165) is 11.8 Å². The zero-order valence-corrected chi connectivity index (χ0v) is 12.2. The maximum absolute atomic E-state index is 13.0. The number of hydrogen-bond acceptors (Lipinski definition) is 4. The van der Waals surface area contributed by atoms with E-state index in [-0.39, 0.29) is 16.5 Å². The first-order chi connectivity index (χ1) is 9.84. The highest BCUT2D eigenvalue weighted by atomic mass is 32.2. The lowest BCUT2D eigenvalue weighted by atomic mass is 10.1. The van der Waals surface area contributed by atoms with Crippen molar-refractivity contribution in [1.82, 2.24) is 4.90 Å². The number of carbonyl (C=O) groups excluding carboxylic acids is 1. The van der Waals surface area contributed by atoms with Crippen molar-refractivity contribution in [3.63, 3.8) is 0 Å². The summed E-state index contributed by atoms with van der Waals surface area (Å²) < 4.78 is 38.9. The molecule has 1 amide bonds. The van der Waals surface area contributed by atoms with Crippen LogP contribution in [0.5, 0.6) is 0 Å². The van der Waals surface area contributed by atoms with Gasteiger partial charge in [-0.1, -0.05) is 13.0 Å². The molecule has 21 heavy (non-hydrogen) atoms. The van der Waals surface area contributed by atoms with Crippen LogP contribution in [0, 0.1) is 0 Å². The lowest BCUT2D eigenvalue weighted by molar-refractivity contribution is -0.137. The topological polar surface area (TPSA) is 58.4 Å². The Balaban J connectivity index is 2.37. The summed E-state index contributed by atoms with van der Waals surface area (Å²) in [5, 5.41) is 0.266. The third-order valence-corrected chi connectivity index (χ3v) is 4.41. The van der Waals surface area contributed by atoms with Crippen LogP contribution in [0.3, 0.4) is 0 Å². The molecule has 1 saturated heterocycles. The Kier molecular flexibility index (Phi) is 4.67. The molecule has 1 aromatic carbocycles. The number of nitrogens with two attached hydrogens (primary N) is 1. The fourth-order valence-electron chi connectivity index (χ4n) is 2.30. The molecule has 1 aliphatic rings. The molecule has 1 heterocycles. The molecule has 0 aliphatic carbocycles. The monoisotopic (exact) mass is 319 g/mol. The number of anilines is 1. The first-order valence-corrected chi connectivity index (χ1v) is 7.47. The summed E-state index contributed by atoms with van der Waals surface area (Å²) in [6.07, 6.45) is -4.57. The van der Waals surface area contributed by atoms with Crippen LogP contribution in [-0.2, 0) is 6.18 Å². The van der Waals surface area contributed by atoms with Crippen molar-refractivity contribution < 1.29 is 18.0 Å². The molecular weight excluding hydrogens is 303 g/mol. The van der Waals surface area contributed by atoms with Crippen molar-refractivity contribution >= 4 is 23.4 Å². The zero-order chi connectivity index (χ0) is 15.6. The molecule has 0 aromatic heterocycles. The fourth-order valence-corrected chi connectivity index (χ4v) is 3.31. The van der Waals surface area contributed by atoms with Gasteiger partial charge >= 0.3 is 6.18 Å². The maximum Gasteiger partial charge on any atom is 0.418 e. The van der Waals surface area contributed by atoms with E-state index < -0.39 is 17.6 Å². The van der Waals surface area contributed by atoms with Crippen molar-refractivity contribution in [3.05, 3.63) is 29.3 Å². The Labute approximate surface area is 124 Å². The predicted octanol–water partition coefficient (Wildman–Crippen LogP) is 2.57. The van der Waals surface area contributed by atoms with Crippen LogP contribution in [0.4, 0.5) is 18.9 Å². The number of para-hydroxylation sites is 1. The van der Waals surface area contributed by atoms with Gasteiger partial charge in [-0.3, -0.25) is 10.6 Å². The van der Waals surface area contributed by atoms with Gasteiger partial charge in [0.15, 0.2) is 0 Å². The summed E-state index contributed by atoms with van der Waals surface area (Å²) in [5.74, 6) is 5.56. The fraction of sp³-hybridized carbons (Fsp3) is 0.462. The summed E-state index contributed by atoms with van der Waals surface area (Å²) >= 11 is 1.74. The van der Waals surface area contributed by atoms with E-state index in [1.165, 1.54) is 12.1 Å². The van der Waals surface area contributed by atoms with Crippen molar-refractivity contribution in [2.75, 3.05) is 24.3 Å². The van der Waals surface area contributed by atoms with E-state index in [4.69, 9.17) is 5.84 Å². The molecule has 0 spiro atoms. The third-order valence-electron chi connectivity index (χ3n) is 3.27. The molecule has 8 heteroatoms. The van der Waals surface area contributed by atoms with Gasteiger partial charge in [0, 0.05) is 24.1 Å². The molecule has 116 valence electrons. The lowest BCUT2D eigenvalue weighted by Crippen LogP contribution is -2.41. The van der Waals surface area contributed by atoms with E-state index >= 15 is 0 Å². The van der Waals surface area contributed by atoms with E-state index in [1.807, 2.05) is 12.3 Å². The minimum atomic E-state index is -4.57. The summed E-state index contributed by atoms with van der Waals surface area (Å²) in [5.41, 5.74) is 0.671. The molecule has 4 nitrogen and oxygen atoms in total. The van der Waals surface area contributed by atoms with Gasteiger partial charge in [-0.2, -0.15) is 24.9 Å². The molecule has 3 N–H and O–H groups in total. The van der Waals surface area contributed by atoms with Crippen LogP contribution in [0.2, 0.25) is 0 Å². The van der Waals surface area contributed by atoms with Crippen molar-refractivity contribution in [2.45, 2.75) is 18.3 Å². The van der Waals surface area contributed by atoms with Crippen LogP contribution in [-0.4, -0.2) is 34.9 Å². The van der Waals surface area contributed by atoms with Gasteiger partial charge in [-0.05, 0) is 12.1 Å². The van der Waals surface area contributed by atoms with Gasteiger partial charge < -0.3 is 10.3 Å². The second-order valence-electron chi connectivity index (χ2n) is 4.80. The minimum Gasteiger partial charge on any atom is -0.337 e. The number of nitrogens with zero attached hydrogens (tertiary/aromatic N) is 1. The lowest BCUT2D eigenvalue weighted by Gasteiger charge is -2.31. The van der Waals surface area contributed by atoms with Crippen LogP contribution in [0.15, 0.2) is 18.2 Å². The number of nitrogens with one attached hydrogen (secondary N) is 1. The highest BCUT2D eigenvalue weighted by Gasteiger charge is 2.36. The molecule has 1 fully saturated rings. The van der Waals surface area contributed by atoms with Gasteiger partial charge in [0.2, 0.25) is 0 Å². The minimum absolute atomic E-state index is 0.0496. The van der Waals surface area contributed by atoms with Gasteiger partial charge in [-0.15, -0.1) is 0 Å². The Hall–Kier alpha value is -1.41. The predicted molar refractivity (Wildman–Crippen MR) is 77.1 cm³/mol. The van der Waals surface area contributed by atoms with Gasteiger partial charge in [0.05, 0.1) is 16.8 Å². The van der Waals surface area contributed by atoms with E-state index in [0.29, 0.717) is 13.1 Å². The normalized spacial score (nSPS) is 19.5. The molecule has 2 rings (SSSR count). The number of nitrogen functional groups attached to an aromatic ring is 1. The largest absolute Gasteiger partial charge is 0.418 e.